The van der Waals surface area contributed by atoms with Gasteiger partial charge in [-0.1, -0.05) is 24.3 Å². The second kappa shape index (κ2) is 5.43. The first-order valence-electron chi connectivity index (χ1n) is 6.97. The van der Waals surface area contributed by atoms with Crippen LogP contribution in [0, 0.1) is 6.92 Å². The molecule has 100 valence electrons. The van der Waals surface area contributed by atoms with E-state index >= 15 is 0 Å². The van der Waals surface area contributed by atoms with E-state index in [1.165, 1.54) is 33.9 Å². The van der Waals surface area contributed by atoms with E-state index in [1.807, 2.05) is 6.20 Å². The number of nitrogens with zero attached hydrogens (tertiary/aromatic N) is 1. The predicted molar refractivity (Wildman–Crippen MR) is 80.5 cm³/mol. The van der Waals surface area contributed by atoms with Crippen LogP contribution in [0.3, 0.4) is 0 Å². The highest BCUT2D eigenvalue weighted by atomic mass is 32.1. The van der Waals surface area contributed by atoms with Gasteiger partial charge in [0.25, 0.3) is 0 Å². The maximum absolute atomic E-state index is 4.45. The van der Waals surface area contributed by atoms with Crippen molar-refractivity contribution in [2.75, 3.05) is 0 Å². The first kappa shape index (κ1) is 12.8. The van der Waals surface area contributed by atoms with Crippen molar-refractivity contribution in [2.45, 2.75) is 45.2 Å². The Morgan fingerprint density at radius 3 is 2.84 bits per heavy atom. The first-order chi connectivity index (χ1) is 9.24. The third kappa shape index (κ3) is 3.04. The molecule has 1 fully saturated rings. The van der Waals surface area contributed by atoms with Crippen molar-refractivity contribution in [3.63, 3.8) is 0 Å². The SMILES string of the molecule is Cc1cnc(C(C)NCc2ccccc2C2CC2)s1. The highest BCUT2D eigenvalue weighted by Gasteiger charge is 2.25. The highest BCUT2D eigenvalue weighted by Crippen LogP contribution is 2.41. The minimum Gasteiger partial charge on any atom is -0.304 e. The average Bonchev–Trinajstić information content (AvgIpc) is 3.18. The molecule has 0 radical (unpaired) electrons. The monoisotopic (exact) mass is 272 g/mol. The molecule has 1 aliphatic carbocycles. The lowest BCUT2D eigenvalue weighted by molar-refractivity contribution is 0.569. The molecule has 1 atom stereocenters. The van der Waals surface area contributed by atoms with Gasteiger partial charge in [-0.3, -0.25) is 0 Å². The molecule has 3 rings (SSSR count). The minimum absolute atomic E-state index is 0.325. The zero-order valence-electron chi connectivity index (χ0n) is 11.5. The summed E-state index contributed by atoms with van der Waals surface area (Å²) in [5, 5.41) is 4.78. The van der Waals surface area contributed by atoms with E-state index in [1.54, 1.807) is 11.3 Å². The Morgan fingerprint density at radius 2 is 2.16 bits per heavy atom. The van der Waals surface area contributed by atoms with Gasteiger partial charge in [0.2, 0.25) is 0 Å². The third-order valence-corrected chi connectivity index (χ3v) is 4.78. The van der Waals surface area contributed by atoms with Gasteiger partial charge in [-0.2, -0.15) is 0 Å². The molecule has 2 nitrogen and oxygen atoms in total. The fourth-order valence-corrected chi connectivity index (χ4v) is 3.21. The summed E-state index contributed by atoms with van der Waals surface area (Å²) in [5.41, 5.74) is 2.99. The highest BCUT2D eigenvalue weighted by molar-refractivity contribution is 7.11. The van der Waals surface area contributed by atoms with E-state index in [4.69, 9.17) is 0 Å². The van der Waals surface area contributed by atoms with E-state index in [0.29, 0.717) is 6.04 Å². The number of benzene rings is 1. The molecule has 1 aromatic heterocycles. The predicted octanol–water partition coefficient (Wildman–Crippen LogP) is 4.18. The molecule has 1 saturated carbocycles. The van der Waals surface area contributed by atoms with Crippen molar-refractivity contribution in [2.24, 2.45) is 0 Å². The van der Waals surface area contributed by atoms with Crippen LogP contribution in [-0.2, 0) is 6.54 Å². The lowest BCUT2D eigenvalue weighted by Gasteiger charge is -2.14. The molecule has 0 amide bonds. The molecule has 2 aromatic rings. The summed E-state index contributed by atoms with van der Waals surface area (Å²) in [5.74, 6) is 0.815. The van der Waals surface area contributed by atoms with Crippen LogP contribution in [-0.4, -0.2) is 4.98 Å². The largest absolute Gasteiger partial charge is 0.304 e. The summed E-state index contributed by atoms with van der Waals surface area (Å²) >= 11 is 1.78. The van der Waals surface area contributed by atoms with Gasteiger partial charge in [0.15, 0.2) is 0 Å². The van der Waals surface area contributed by atoms with Gasteiger partial charge in [-0.05, 0) is 43.7 Å². The summed E-state index contributed by atoms with van der Waals surface area (Å²) in [6, 6.07) is 9.16. The molecule has 19 heavy (non-hydrogen) atoms. The maximum atomic E-state index is 4.45. The van der Waals surface area contributed by atoms with Crippen LogP contribution in [0.2, 0.25) is 0 Å². The molecule has 1 aromatic carbocycles. The van der Waals surface area contributed by atoms with Gasteiger partial charge in [0, 0.05) is 17.6 Å². The lowest BCUT2D eigenvalue weighted by atomic mass is 10.0. The first-order valence-corrected chi connectivity index (χ1v) is 7.79. The van der Waals surface area contributed by atoms with Crippen LogP contribution in [0.5, 0.6) is 0 Å². The Labute approximate surface area is 118 Å². The van der Waals surface area contributed by atoms with E-state index in [9.17, 15) is 0 Å². The van der Waals surface area contributed by atoms with Gasteiger partial charge in [-0.25, -0.2) is 4.98 Å². The van der Waals surface area contributed by atoms with Crippen molar-refractivity contribution < 1.29 is 0 Å². The zero-order valence-corrected chi connectivity index (χ0v) is 12.3. The lowest BCUT2D eigenvalue weighted by Crippen LogP contribution is -2.18. The van der Waals surface area contributed by atoms with E-state index in [-0.39, 0.29) is 0 Å². The number of rotatable bonds is 5. The Balaban J connectivity index is 1.66. The molecular formula is C16H20N2S. The molecule has 3 heteroatoms. The van der Waals surface area contributed by atoms with Crippen molar-refractivity contribution in [1.29, 1.82) is 0 Å². The third-order valence-electron chi connectivity index (χ3n) is 3.68. The summed E-state index contributed by atoms with van der Waals surface area (Å²) in [7, 11) is 0. The second-order valence-corrected chi connectivity index (χ2v) is 6.65. The van der Waals surface area contributed by atoms with Crippen LogP contribution in [0.25, 0.3) is 0 Å². The summed E-state index contributed by atoms with van der Waals surface area (Å²) < 4.78 is 0. The van der Waals surface area contributed by atoms with Crippen LogP contribution >= 0.6 is 11.3 Å². The van der Waals surface area contributed by atoms with Crippen molar-refractivity contribution in [1.82, 2.24) is 10.3 Å². The number of hydrogen-bond donors (Lipinski definition) is 1. The van der Waals surface area contributed by atoms with Crippen molar-refractivity contribution in [3.8, 4) is 0 Å². The van der Waals surface area contributed by atoms with Crippen LogP contribution in [0.4, 0.5) is 0 Å². The standard InChI is InChI=1S/C16H20N2S/c1-11-9-18-16(19-11)12(2)17-10-14-5-3-4-6-15(14)13-7-8-13/h3-6,9,12-13,17H,7-8,10H2,1-2H3. The number of hydrogen-bond acceptors (Lipinski definition) is 3. The van der Waals surface area contributed by atoms with Crippen LogP contribution in [0.1, 0.15) is 52.7 Å². The van der Waals surface area contributed by atoms with Gasteiger partial charge in [0.05, 0.1) is 6.04 Å². The molecule has 1 aliphatic rings. The minimum atomic E-state index is 0.325. The molecule has 0 aliphatic heterocycles. The molecular weight excluding hydrogens is 252 g/mol. The molecule has 1 heterocycles. The maximum Gasteiger partial charge on any atom is 0.109 e. The fourth-order valence-electron chi connectivity index (χ4n) is 2.41. The average molecular weight is 272 g/mol. The van der Waals surface area contributed by atoms with Gasteiger partial charge < -0.3 is 5.32 Å². The molecule has 0 spiro atoms. The molecule has 0 bridgehead atoms. The quantitative estimate of drug-likeness (QED) is 0.883. The van der Waals surface area contributed by atoms with E-state index < -0.39 is 0 Å². The molecule has 1 unspecified atom stereocenters. The fraction of sp³-hybridized carbons (Fsp3) is 0.438. The normalized spacial score (nSPS) is 16.5. The smallest absolute Gasteiger partial charge is 0.109 e. The summed E-state index contributed by atoms with van der Waals surface area (Å²) in [6.07, 6.45) is 4.67. The van der Waals surface area contributed by atoms with Crippen LogP contribution < -0.4 is 5.32 Å². The Kier molecular flexibility index (Phi) is 3.67. The topological polar surface area (TPSA) is 24.9 Å². The van der Waals surface area contributed by atoms with Crippen molar-refractivity contribution >= 4 is 11.3 Å². The van der Waals surface area contributed by atoms with Crippen molar-refractivity contribution in [3.05, 3.63) is 51.5 Å². The van der Waals surface area contributed by atoms with Gasteiger partial charge >= 0.3 is 0 Å². The number of nitrogens with one attached hydrogen (secondary N) is 1. The van der Waals surface area contributed by atoms with Gasteiger partial charge in [0.1, 0.15) is 5.01 Å². The summed E-state index contributed by atoms with van der Waals surface area (Å²) in [6.45, 7) is 5.24. The number of aryl methyl sites for hydroxylation is 1. The van der Waals surface area contributed by atoms with E-state index in [2.05, 4.69) is 48.4 Å². The second-order valence-electron chi connectivity index (χ2n) is 5.38. The number of aromatic nitrogens is 1. The molecule has 0 saturated heterocycles. The van der Waals surface area contributed by atoms with Crippen LogP contribution in [0.15, 0.2) is 30.5 Å². The zero-order chi connectivity index (χ0) is 13.2. The van der Waals surface area contributed by atoms with E-state index in [0.717, 1.165) is 12.5 Å². The number of thiazole rings is 1. The Bertz CT molecular complexity index is 557. The molecule has 1 N–H and O–H groups in total. The van der Waals surface area contributed by atoms with Gasteiger partial charge in [-0.15, -0.1) is 11.3 Å². The Morgan fingerprint density at radius 1 is 1.37 bits per heavy atom. The Hall–Kier alpha value is -1.19. The summed E-state index contributed by atoms with van der Waals surface area (Å²) in [4.78, 5) is 5.73.